The Morgan fingerprint density at radius 1 is 1.37 bits per heavy atom. The highest BCUT2D eigenvalue weighted by Crippen LogP contribution is 2.33. The zero-order valence-corrected chi connectivity index (χ0v) is 16.2. The van der Waals surface area contributed by atoms with Gasteiger partial charge in [0.25, 0.3) is 0 Å². The summed E-state index contributed by atoms with van der Waals surface area (Å²) in [5.41, 5.74) is 2.87. The predicted octanol–water partition coefficient (Wildman–Crippen LogP) is 1.91. The van der Waals surface area contributed by atoms with Gasteiger partial charge >= 0.3 is 6.18 Å². The Balaban J connectivity index is 1.62. The van der Waals surface area contributed by atoms with Gasteiger partial charge in [0.15, 0.2) is 5.78 Å². The highest BCUT2D eigenvalue weighted by molar-refractivity contribution is 6.12. The van der Waals surface area contributed by atoms with E-state index in [9.17, 15) is 23.1 Å². The number of allylic oxidation sites excluding steroid dienone is 2. The lowest BCUT2D eigenvalue weighted by molar-refractivity contribution is -0.137. The van der Waals surface area contributed by atoms with Crippen molar-refractivity contribution in [1.29, 1.82) is 0 Å². The number of carbonyl (C=O) groups excluding carboxylic acids is 1. The summed E-state index contributed by atoms with van der Waals surface area (Å²) < 4.78 is 43.8. The smallest absolute Gasteiger partial charge is 0.386 e. The molecule has 0 spiro atoms. The molecule has 2 atom stereocenters. The van der Waals surface area contributed by atoms with E-state index in [0.717, 1.165) is 12.1 Å². The third-order valence-corrected chi connectivity index (χ3v) is 5.29. The molecule has 7 nitrogen and oxygen atoms in total. The number of aliphatic imine (C=N–C) groups is 1. The molecule has 3 aliphatic heterocycles. The zero-order valence-electron chi connectivity index (χ0n) is 16.2. The summed E-state index contributed by atoms with van der Waals surface area (Å²) >= 11 is 0. The van der Waals surface area contributed by atoms with E-state index >= 15 is 0 Å². The van der Waals surface area contributed by atoms with Gasteiger partial charge in [-0.25, -0.2) is 0 Å². The van der Waals surface area contributed by atoms with Gasteiger partial charge in [0.2, 0.25) is 0 Å². The molecule has 0 aromatic heterocycles. The van der Waals surface area contributed by atoms with Gasteiger partial charge in [-0.3, -0.25) is 20.2 Å². The van der Waals surface area contributed by atoms with E-state index in [4.69, 9.17) is 4.74 Å². The van der Waals surface area contributed by atoms with E-state index in [1.165, 1.54) is 23.4 Å². The van der Waals surface area contributed by atoms with Crippen LogP contribution in [0.5, 0.6) is 0 Å². The predicted molar refractivity (Wildman–Crippen MR) is 104 cm³/mol. The van der Waals surface area contributed by atoms with Gasteiger partial charge in [-0.05, 0) is 31.2 Å². The molecule has 30 heavy (non-hydrogen) atoms. The average molecular weight is 422 g/mol. The molecule has 4 rings (SSSR count). The molecule has 3 heterocycles. The number of hydrazine groups is 1. The van der Waals surface area contributed by atoms with E-state index in [2.05, 4.69) is 15.7 Å². The third kappa shape index (κ3) is 3.80. The number of nitrogens with zero attached hydrogens (tertiary/aromatic N) is 2. The summed E-state index contributed by atoms with van der Waals surface area (Å²) in [7, 11) is 0. The molecule has 1 aromatic carbocycles. The summed E-state index contributed by atoms with van der Waals surface area (Å²) in [5.74, 6) is -0.223. The molecule has 1 saturated heterocycles. The Labute approximate surface area is 170 Å². The minimum Gasteiger partial charge on any atom is -0.386 e. The van der Waals surface area contributed by atoms with Gasteiger partial charge in [0.1, 0.15) is 11.6 Å². The minimum absolute atomic E-state index is 0.191. The van der Waals surface area contributed by atoms with Crippen LogP contribution in [-0.2, 0) is 15.7 Å². The van der Waals surface area contributed by atoms with Crippen molar-refractivity contribution in [3.63, 3.8) is 0 Å². The van der Waals surface area contributed by atoms with Crippen LogP contribution < -0.4 is 15.8 Å². The Kier molecular flexibility index (Phi) is 5.07. The largest absolute Gasteiger partial charge is 0.416 e. The Morgan fingerprint density at radius 3 is 2.73 bits per heavy atom. The summed E-state index contributed by atoms with van der Waals surface area (Å²) in [6.07, 6.45) is -0.874. The summed E-state index contributed by atoms with van der Waals surface area (Å²) in [5, 5.41) is 15.1. The van der Waals surface area contributed by atoms with Gasteiger partial charge in [0.05, 0.1) is 34.8 Å². The fourth-order valence-electron chi connectivity index (χ4n) is 3.51. The van der Waals surface area contributed by atoms with Crippen LogP contribution in [0.2, 0.25) is 0 Å². The van der Waals surface area contributed by atoms with E-state index < -0.39 is 23.4 Å². The second-order valence-corrected chi connectivity index (χ2v) is 7.53. The SMILES string of the molecule is C[C@@H]1N=CC2=C(C1=O)C(NCC1(O)CCOC1)=CNN2c1ccc(C(F)(F)F)cc1. The van der Waals surface area contributed by atoms with Gasteiger partial charge in [-0.15, -0.1) is 0 Å². The molecular weight excluding hydrogens is 401 g/mol. The highest BCUT2D eigenvalue weighted by atomic mass is 19.4. The molecular formula is C20H21F3N4O3. The molecule has 0 aliphatic carbocycles. The maximum absolute atomic E-state index is 12.9. The lowest BCUT2D eigenvalue weighted by Gasteiger charge is -2.35. The molecule has 0 saturated carbocycles. The van der Waals surface area contributed by atoms with Crippen molar-refractivity contribution >= 4 is 17.7 Å². The number of aliphatic hydroxyl groups is 1. The van der Waals surface area contributed by atoms with Crippen LogP contribution in [0.15, 0.2) is 52.4 Å². The van der Waals surface area contributed by atoms with Gasteiger partial charge in [0, 0.05) is 32.0 Å². The molecule has 1 aromatic rings. The summed E-state index contributed by atoms with van der Waals surface area (Å²) in [4.78, 5) is 17.1. The van der Waals surface area contributed by atoms with Crippen LogP contribution in [-0.4, -0.2) is 48.5 Å². The molecule has 3 aliphatic rings. The van der Waals surface area contributed by atoms with E-state index in [1.807, 2.05) is 0 Å². The van der Waals surface area contributed by atoms with Gasteiger partial charge in [-0.1, -0.05) is 0 Å². The molecule has 1 fully saturated rings. The van der Waals surface area contributed by atoms with Crippen LogP contribution in [0.1, 0.15) is 18.9 Å². The van der Waals surface area contributed by atoms with Crippen LogP contribution in [0.4, 0.5) is 18.9 Å². The van der Waals surface area contributed by atoms with Crippen molar-refractivity contribution in [2.24, 2.45) is 4.99 Å². The number of ether oxygens (including phenoxy) is 1. The lowest BCUT2D eigenvalue weighted by Crippen LogP contribution is -2.47. The number of hydrogen-bond acceptors (Lipinski definition) is 7. The number of alkyl halides is 3. The van der Waals surface area contributed by atoms with Crippen molar-refractivity contribution in [3.05, 3.63) is 53.0 Å². The quantitative estimate of drug-likeness (QED) is 0.688. The van der Waals surface area contributed by atoms with Crippen molar-refractivity contribution in [2.75, 3.05) is 24.8 Å². The molecule has 10 heteroatoms. The topological polar surface area (TPSA) is 86.2 Å². The molecule has 3 N–H and O–H groups in total. The molecule has 0 radical (unpaired) electrons. The van der Waals surface area contributed by atoms with E-state index in [0.29, 0.717) is 35.7 Å². The first kappa shape index (κ1) is 20.4. The number of Topliss-reactive ketones (excluding diaryl/α,β-unsaturated/α-hetero) is 1. The maximum atomic E-state index is 12.9. The van der Waals surface area contributed by atoms with Crippen LogP contribution in [0.25, 0.3) is 0 Å². The third-order valence-electron chi connectivity index (χ3n) is 5.29. The van der Waals surface area contributed by atoms with E-state index in [1.54, 1.807) is 13.1 Å². The van der Waals surface area contributed by atoms with Gasteiger partial charge in [-0.2, -0.15) is 13.2 Å². The first-order valence-electron chi connectivity index (χ1n) is 9.48. The number of dihydropyridines is 1. The lowest BCUT2D eigenvalue weighted by atomic mass is 9.95. The number of hydrogen-bond donors (Lipinski definition) is 3. The second-order valence-electron chi connectivity index (χ2n) is 7.53. The number of anilines is 1. The monoisotopic (exact) mass is 422 g/mol. The maximum Gasteiger partial charge on any atom is 0.416 e. The normalized spacial score (nSPS) is 26.4. The number of nitrogens with one attached hydrogen (secondary N) is 2. The van der Waals surface area contributed by atoms with Gasteiger partial charge < -0.3 is 15.2 Å². The number of carbonyl (C=O) groups is 1. The molecule has 160 valence electrons. The van der Waals surface area contributed by atoms with Crippen LogP contribution in [0, 0.1) is 0 Å². The minimum atomic E-state index is -4.43. The second kappa shape index (κ2) is 7.44. The Hall–Kier alpha value is -2.85. The van der Waals surface area contributed by atoms with Crippen LogP contribution >= 0.6 is 0 Å². The Bertz CT molecular complexity index is 932. The summed E-state index contributed by atoms with van der Waals surface area (Å²) in [6, 6.07) is 4.02. The van der Waals surface area contributed by atoms with Crippen LogP contribution in [0.3, 0.4) is 0 Å². The summed E-state index contributed by atoms with van der Waals surface area (Å²) in [6.45, 7) is 2.53. The zero-order chi connectivity index (χ0) is 21.5. The first-order valence-corrected chi connectivity index (χ1v) is 9.48. The number of halogens is 3. The number of ketones is 1. The van der Waals surface area contributed by atoms with Crippen molar-refractivity contribution in [2.45, 2.75) is 31.2 Å². The molecule has 0 bridgehead atoms. The molecule has 1 unspecified atom stereocenters. The average Bonchev–Trinajstić information content (AvgIpc) is 3.15. The van der Waals surface area contributed by atoms with Crippen molar-refractivity contribution in [1.82, 2.24) is 10.7 Å². The fraction of sp³-hybridized carbons (Fsp3) is 0.400. The van der Waals surface area contributed by atoms with Crippen molar-refractivity contribution < 1.29 is 27.8 Å². The first-order chi connectivity index (χ1) is 14.2. The number of rotatable bonds is 4. The Morgan fingerprint density at radius 2 is 2.10 bits per heavy atom. The number of benzene rings is 1. The highest BCUT2D eigenvalue weighted by Gasteiger charge is 2.36. The van der Waals surface area contributed by atoms with E-state index in [-0.39, 0.29) is 18.9 Å². The fourth-order valence-corrected chi connectivity index (χ4v) is 3.51. The molecule has 0 amide bonds. The standard InChI is InChI=1S/C20H21F3N4O3/c1-12-18(28)17-15(25-10-19(29)6-7-30-11-19)8-26-27(16(17)9-24-12)14-4-2-13(3-5-14)20(21,22)23/h2-5,8-9,12,25-26,29H,6-7,10-11H2,1H3/t12-,19?/m0/s1. The van der Waals surface area contributed by atoms with Crippen molar-refractivity contribution in [3.8, 4) is 0 Å².